The molecule has 0 saturated carbocycles. The van der Waals surface area contributed by atoms with E-state index in [2.05, 4.69) is 4.98 Å². The highest BCUT2D eigenvalue weighted by Gasteiger charge is 1.93. The maximum atomic E-state index is 8.32. The SMILES string of the molecule is COc1ccc(CNO)nc1. The first-order valence-electron chi connectivity index (χ1n) is 3.22. The van der Waals surface area contributed by atoms with Crippen molar-refractivity contribution in [3.05, 3.63) is 24.0 Å². The number of hydroxylamine groups is 1. The molecule has 4 nitrogen and oxygen atoms in total. The number of hydrogen-bond donors (Lipinski definition) is 2. The molecule has 0 aromatic carbocycles. The normalized spacial score (nSPS) is 9.64. The zero-order valence-corrected chi connectivity index (χ0v) is 6.24. The average molecular weight is 154 g/mol. The van der Waals surface area contributed by atoms with Gasteiger partial charge in [-0.3, -0.25) is 4.98 Å². The smallest absolute Gasteiger partial charge is 0.137 e. The molecule has 0 aliphatic heterocycles. The molecule has 0 aliphatic carbocycles. The Morgan fingerprint density at radius 2 is 2.45 bits per heavy atom. The Morgan fingerprint density at radius 3 is 2.91 bits per heavy atom. The van der Waals surface area contributed by atoms with Gasteiger partial charge in [-0.05, 0) is 12.1 Å². The van der Waals surface area contributed by atoms with Crippen LogP contribution < -0.4 is 10.2 Å². The van der Waals surface area contributed by atoms with Gasteiger partial charge in [0.25, 0.3) is 0 Å². The van der Waals surface area contributed by atoms with Crippen LogP contribution in [-0.4, -0.2) is 17.3 Å². The van der Waals surface area contributed by atoms with E-state index >= 15 is 0 Å². The summed E-state index contributed by atoms with van der Waals surface area (Å²) < 4.78 is 4.90. The van der Waals surface area contributed by atoms with E-state index < -0.39 is 0 Å². The molecular formula is C7H10N2O2. The number of nitrogens with zero attached hydrogens (tertiary/aromatic N) is 1. The van der Waals surface area contributed by atoms with Crippen LogP contribution >= 0.6 is 0 Å². The van der Waals surface area contributed by atoms with Gasteiger partial charge >= 0.3 is 0 Å². The van der Waals surface area contributed by atoms with Crippen LogP contribution in [0.3, 0.4) is 0 Å². The largest absolute Gasteiger partial charge is 0.495 e. The number of hydrogen-bond acceptors (Lipinski definition) is 4. The van der Waals surface area contributed by atoms with Crippen LogP contribution in [0.2, 0.25) is 0 Å². The number of ether oxygens (including phenoxy) is 1. The molecule has 60 valence electrons. The highest BCUT2D eigenvalue weighted by Crippen LogP contribution is 2.07. The molecule has 0 spiro atoms. The van der Waals surface area contributed by atoms with Crippen LogP contribution in [0.4, 0.5) is 0 Å². The Morgan fingerprint density at radius 1 is 1.64 bits per heavy atom. The predicted molar refractivity (Wildman–Crippen MR) is 39.4 cm³/mol. The molecule has 0 amide bonds. The van der Waals surface area contributed by atoms with Crippen molar-refractivity contribution in [2.75, 3.05) is 7.11 Å². The first kappa shape index (κ1) is 7.97. The molecule has 11 heavy (non-hydrogen) atoms. The number of pyridine rings is 1. The maximum Gasteiger partial charge on any atom is 0.137 e. The summed E-state index contributed by atoms with van der Waals surface area (Å²) in [5.74, 6) is 0.715. The van der Waals surface area contributed by atoms with Crippen molar-refractivity contribution < 1.29 is 9.94 Å². The van der Waals surface area contributed by atoms with Crippen LogP contribution in [-0.2, 0) is 6.54 Å². The fourth-order valence-corrected chi connectivity index (χ4v) is 0.717. The summed E-state index contributed by atoms with van der Waals surface area (Å²) in [6, 6.07) is 3.57. The Balaban J connectivity index is 2.66. The van der Waals surface area contributed by atoms with Crippen LogP contribution in [0, 0.1) is 0 Å². The summed E-state index contributed by atoms with van der Waals surface area (Å²) in [6.07, 6.45) is 1.60. The molecule has 0 bridgehead atoms. The Bertz CT molecular complexity index is 210. The molecular weight excluding hydrogens is 144 g/mol. The minimum Gasteiger partial charge on any atom is -0.495 e. The Hall–Kier alpha value is -1.13. The lowest BCUT2D eigenvalue weighted by atomic mass is 10.3. The topological polar surface area (TPSA) is 54.4 Å². The molecule has 0 unspecified atom stereocenters. The summed E-state index contributed by atoms with van der Waals surface area (Å²) in [6.45, 7) is 0.351. The Kier molecular flexibility index (Phi) is 2.83. The average Bonchev–Trinajstić information content (AvgIpc) is 2.07. The van der Waals surface area contributed by atoms with Gasteiger partial charge in [0.2, 0.25) is 0 Å². The molecule has 1 heterocycles. The highest BCUT2D eigenvalue weighted by atomic mass is 16.5. The van der Waals surface area contributed by atoms with Crippen LogP contribution in [0.25, 0.3) is 0 Å². The molecule has 0 aliphatic rings. The first-order chi connectivity index (χ1) is 5.36. The molecule has 1 aromatic rings. The van der Waals surface area contributed by atoms with Gasteiger partial charge in [0, 0.05) is 0 Å². The monoisotopic (exact) mass is 154 g/mol. The maximum absolute atomic E-state index is 8.32. The second-order valence-corrected chi connectivity index (χ2v) is 2.02. The lowest BCUT2D eigenvalue weighted by Crippen LogP contribution is -2.07. The summed E-state index contributed by atoms with van der Waals surface area (Å²) in [5.41, 5.74) is 2.79. The standard InChI is InChI=1S/C7H10N2O2/c1-11-7-3-2-6(4-9-10)8-5-7/h2-3,5,9-10H,4H2,1H3. The fourth-order valence-electron chi connectivity index (χ4n) is 0.717. The first-order valence-corrected chi connectivity index (χ1v) is 3.22. The lowest BCUT2D eigenvalue weighted by Gasteiger charge is -2.00. The number of methoxy groups -OCH3 is 1. The summed E-state index contributed by atoms with van der Waals surface area (Å²) in [5, 5.41) is 8.32. The Labute approximate surface area is 64.8 Å². The van der Waals surface area contributed by atoms with Crippen molar-refractivity contribution in [2.24, 2.45) is 0 Å². The van der Waals surface area contributed by atoms with Crippen molar-refractivity contribution in [3.63, 3.8) is 0 Å². The molecule has 0 saturated heterocycles. The van der Waals surface area contributed by atoms with Crippen molar-refractivity contribution >= 4 is 0 Å². The van der Waals surface area contributed by atoms with Crippen LogP contribution in [0.5, 0.6) is 5.75 Å². The highest BCUT2D eigenvalue weighted by molar-refractivity contribution is 5.19. The van der Waals surface area contributed by atoms with E-state index in [-0.39, 0.29) is 0 Å². The van der Waals surface area contributed by atoms with E-state index in [4.69, 9.17) is 9.94 Å². The van der Waals surface area contributed by atoms with Gasteiger partial charge < -0.3 is 9.94 Å². The molecule has 1 aromatic heterocycles. The third-order valence-corrected chi connectivity index (χ3v) is 1.29. The molecule has 0 fully saturated rings. The third kappa shape index (κ3) is 2.18. The summed E-state index contributed by atoms with van der Waals surface area (Å²) >= 11 is 0. The molecule has 1 rings (SSSR count). The molecule has 0 atom stereocenters. The van der Waals surface area contributed by atoms with Gasteiger partial charge in [0.1, 0.15) is 5.75 Å². The van der Waals surface area contributed by atoms with Gasteiger partial charge in [0.05, 0.1) is 25.5 Å². The quantitative estimate of drug-likeness (QED) is 0.625. The minimum atomic E-state index is 0.351. The number of nitrogens with one attached hydrogen (secondary N) is 1. The van der Waals surface area contributed by atoms with Crippen LogP contribution in [0.15, 0.2) is 18.3 Å². The summed E-state index contributed by atoms with van der Waals surface area (Å²) in [4.78, 5) is 3.99. The van der Waals surface area contributed by atoms with Crippen molar-refractivity contribution in [2.45, 2.75) is 6.54 Å². The molecule has 2 N–H and O–H groups in total. The minimum absolute atomic E-state index is 0.351. The number of rotatable bonds is 3. The lowest BCUT2D eigenvalue weighted by molar-refractivity contribution is 0.160. The van der Waals surface area contributed by atoms with E-state index in [9.17, 15) is 0 Å². The predicted octanol–water partition coefficient (Wildman–Crippen LogP) is 0.569. The molecule has 4 heteroatoms. The van der Waals surface area contributed by atoms with Crippen molar-refractivity contribution in [1.82, 2.24) is 10.5 Å². The fraction of sp³-hybridized carbons (Fsp3) is 0.286. The van der Waals surface area contributed by atoms with Gasteiger partial charge in [-0.2, -0.15) is 5.48 Å². The zero-order chi connectivity index (χ0) is 8.10. The second kappa shape index (κ2) is 3.90. The van der Waals surface area contributed by atoms with Gasteiger partial charge in [0.15, 0.2) is 0 Å². The van der Waals surface area contributed by atoms with Crippen LogP contribution in [0.1, 0.15) is 5.69 Å². The van der Waals surface area contributed by atoms with E-state index in [1.807, 2.05) is 5.48 Å². The van der Waals surface area contributed by atoms with Gasteiger partial charge in [-0.1, -0.05) is 0 Å². The zero-order valence-electron chi connectivity index (χ0n) is 6.24. The van der Waals surface area contributed by atoms with Gasteiger partial charge in [-0.25, -0.2) is 0 Å². The summed E-state index contributed by atoms with van der Waals surface area (Å²) in [7, 11) is 1.58. The van der Waals surface area contributed by atoms with E-state index in [0.29, 0.717) is 12.3 Å². The van der Waals surface area contributed by atoms with E-state index in [1.54, 1.807) is 25.4 Å². The van der Waals surface area contributed by atoms with Crippen molar-refractivity contribution in [1.29, 1.82) is 0 Å². The molecule has 0 radical (unpaired) electrons. The van der Waals surface area contributed by atoms with E-state index in [0.717, 1.165) is 5.69 Å². The van der Waals surface area contributed by atoms with E-state index in [1.165, 1.54) is 0 Å². The van der Waals surface area contributed by atoms with Gasteiger partial charge in [-0.15, -0.1) is 0 Å². The third-order valence-electron chi connectivity index (χ3n) is 1.29. The number of aromatic nitrogens is 1. The second-order valence-electron chi connectivity index (χ2n) is 2.02. The van der Waals surface area contributed by atoms with Crippen molar-refractivity contribution in [3.8, 4) is 5.75 Å².